The van der Waals surface area contributed by atoms with Crippen molar-refractivity contribution in [3.63, 3.8) is 0 Å². The lowest BCUT2D eigenvalue weighted by atomic mass is 9.82. The average molecular weight is 378 g/mol. The summed E-state index contributed by atoms with van der Waals surface area (Å²) in [6.45, 7) is 8.95. The molecule has 0 atom stereocenters. The molecular formula is C23H31N3Si. The van der Waals surface area contributed by atoms with Gasteiger partial charge in [-0.1, -0.05) is 62.8 Å². The van der Waals surface area contributed by atoms with Gasteiger partial charge in [0, 0.05) is 6.04 Å². The van der Waals surface area contributed by atoms with Gasteiger partial charge in [0.1, 0.15) is 20.2 Å². The summed E-state index contributed by atoms with van der Waals surface area (Å²) < 4.78 is 0. The zero-order chi connectivity index (χ0) is 19.3. The zero-order valence-corrected chi connectivity index (χ0v) is 18.0. The van der Waals surface area contributed by atoms with Gasteiger partial charge in [0.05, 0.1) is 11.3 Å². The summed E-state index contributed by atoms with van der Waals surface area (Å²) in [6, 6.07) is 11.4. The highest BCUT2D eigenvalue weighted by Gasteiger charge is 2.23. The molecule has 0 saturated heterocycles. The van der Waals surface area contributed by atoms with Crippen LogP contribution in [0.15, 0.2) is 36.7 Å². The molecule has 27 heavy (non-hydrogen) atoms. The van der Waals surface area contributed by atoms with Crippen LogP contribution in [0.5, 0.6) is 0 Å². The normalized spacial score (nSPS) is 19.9. The van der Waals surface area contributed by atoms with E-state index in [2.05, 4.69) is 83.6 Å². The predicted molar refractivity (Wildman–Crippen MR) is 117 cm³/mol. The first kappa shape index (κ1) is 19.6. The zero-order valence-electron chi connectivity index (χ0n) is 17.0. The highest BCUT2D eigenvalue weighted by molar-refractivity contribution is 6.83. The molecule has 0 radical (unpaired) electrons. The molecule has 0 amide bonds. The lowest BCUT2D eigenvalue weighted by Gasteiger charge is -2.30. The van der Waals surface area contributed by atoms with E-state index in [4.69, 9.17) is 0 Å². The molecule has 1 aromatic carbocycles. The number of hydrogen-bond acceptors (Lipinski definition) is 3. The third-order valence-corrected chi connectivity index (χ3v) is 6.04. The lowest BCUT2D eigenvalue weighted by Crippen LogP contribution is -2.26. The second-order valence-electron chi connectivity index (χ2n) is 8.50. The number of benzene rings is 1. The maximum Gasteiger partial charge on any atom is 0.145 e. The Kier molecular flexibility index (Phi) is 6.33. The van der Waals surface area contributed by atoms with Gasteiger partial charge in [-0.25, -0.2) is 9.97 Å². The Labute approximate surface area is 165 Å². The Morgan fingerprint density at radius 1 is 1.04 bits per heavy atom. The van der Waals surface area contributed by atoms with E-state index >= 15 is 0 Å². The third-order valence-electron chi connectivity index (χ3n) is 5.16. The molecule has 1 heterocycles. The van der Waals surface area contributed by atoms with Gasteiger partial charge >= 0.3 is 0 Å². The molecule has 1 fully saturated rings. The van der Waals surface area contributed by atoms with E-state index < -0.39 is 8.07 Å². The van der Waals surface area contributed by atoms with Crippen LogP contribution < -0.4 is 5.32 Å². The Hall–Kier alpha value is -2.12. The number of rotatable bonds is 4. The summed E-state index contributed by atoms with van der Waals surface area (Å²) in [5, 5.41) is 3.69. The van der Waals surface area contributed by atoms with Crippen molar-refractivity contribution in [3.05, 3.63) is 53.5 Å². The average Bonchev–Trinajstić information content (AvgIpc) is 2.67. The van der Waals surface area contributed by atoms with Gasteiger partial charge in [0.15, 0.2) is 0 Å². The van der Waals surface area contributed by atoms with E-state index in [1.54, 1.807) is 6.33 Å². The topological polar surface area (TPSA) is 37.8 Å². The number of aromatic nitrogens is 2. The quantitative estimate of drug-likeness (QED) is 0.572. The minimum absolute atomic E-state index is 0.469. The summed E-state index contributed by atoms with van der Waals surface area (Å²) >= 11 is 0. The van der Waals surface area contributed by atoms with Crippen molar-refractivity contribution < 1.29 is 0 Å². The molecule has 0 aliphatic heterocycles. The monoisotopic (exact) mass is 377 g/mol. The number of hydrogen-bond donors (Lipinski definition) is 1. The maximum absolute atomic E-state index is 4.55. The first-order valence-electron chi connectivity index (χ1n) is 10.1. The van der Waals surface area contributed by atoms with Crippen LogP contribution in [0.2, 0.25) is 19.6 Å². The van der Waals surface area contributed by atoms with Gasteiger partial charge in [-0.3, -0.25) is 0 Å². The molecule has 0 spiro atoms. The van der Waals surface area contributed by atoms with Crippen molar-refractivity contribution in [2.45, 2.75) is 70.6 Å². The summed E-state index contributed by atoms with van der Waals surface area (Å²) in [6.07, 6.45) is 7.36. The molecule has 1 aliphatic rings. The van der Waals surface area contributed by atoms with Gasteiger partial charge in [-0.2, -0.15) is 0 Å². The van der Waals surface area contributed by atoms with Crippen molar-refractivity contribution in [1.29, 1.82) is 0 Å². The Bertz CT molecular complexity index is 807. The van der Waals surface area contributed by atoms with Crippen LogP contribution in [-0.4, -0.2) is 24.1 Å². The van der Waals surface area contributed by atoms with Crippen LogP contribution in [0.1, 0.15) is 55.3 Å². The molecule has 3 nitrogen and oxygen atoms in total. The number of nitrogens with zero attached hydrogens (tertiary/aromatic N) is 2. The number of nitrogens with one attached hydrogen (secondary N) is 1. The summed E-state index contributed by atoms with van der Waals surface area (Å²) in [4.78, 5) is 9.02. The first-order valence-corrected chi connectivity index (χ1v) is 13.6. The Morgan fingerprint density at radius 3 is 2.37 bits per heavy atom. The summed E-state index contributed by atoms with van der Waals surface area (Å²) in [7, 11) is -1.44. The molecular weight excluding hydrogens is 346 g/mol. The molecule has 1 saturated carbocycles. The molecule has 1 aromatic heterocycles. The summed E-state index contributed by atoms with van der Waals surface area (Å²) in [5.41, 5.74) is 7.03. The van der Waals surface area contributed by atoms with Crippen molar-refractivity contribution in [2.75, 3.05) is 5.32 Å². The van der Waals surface area contributed by atoms with E-state index in [0.717, 1.165) is 23.5 Å². The summed E-state index contributed by atoms with van der Waals surface area (Å²) in [5.74, 6) is 5.03. The third kappa shape index (κ3) is 5.43. The van der Waals surface area contributed by atoms with E-state index in [0.29, 0.717) is 12.0 Å². The fraction of sp³-hybridized carbons (Fsp3) is 0.478. The van der Waals surface area contributed by atoms with Gasteiger partial charge in [0.2, 0.25) is 0 Å². The standard InChI is InChI=1S/C23H31N3Si/c1-5-22-21(15-16-27(2,3)4)23(25-17-24-22)26-20-13-11-19(12-14-20)18-9-7-6-8-10-18/h6-10,17,19-20H,5,11-14H2,1-4H3,(H,24,25,26). The molecule has 1 aliphatic carbocycles. The minimum Gasteiger partial charge on any atom is -0.366 e. The number of anilines is 1. The van der Waals surface area contributed by atoms with E-state index in [-0.39, 0.29) is 0 Å². The molecule has 3 rings (SSSR count). The first-order chi connectivity index (χ1) is 13.0. The van der Waals surface area contributed by atoms with Crippen molar-refractivity contribution in [2.24, 2.45) is 0 Å². The van der Waals surface area contributed by atoms with Crippen LogP contribution in [-0.2, 0) is 6.42 Å². The van der Waals surface area contributed by atoms with Gasteiger partial charge in [0.25, 0.3) is 0 Å². The van der Waals surface area contributed by atoms with E-state index in [1.165, 1.54) is 31.2 Å². The maximum atomic E-state index is 4.55. The molecule has 0 bridgehead atoms. The van der Waals surface area contributed by atoms with Crippen molar-refractivity contribution >= 4 is 13.9 Å². The highest BCUT2D eigenvalue weighted by Crippen LogP contribution is 2.34. The highest BCUT2D eigenvalue weighted by atomic mass is 28.3. The molecule has 4 heteroatoms. The van der Waals surface area contributed by atoms with E-state index in [1.807, 2.05) is 0 Å². The molecule has 142 valence electrons. The van der Waals surface area contributed by atoms with Crippen LogP contribution in [0, 0.1) is 11.5 Å². The fourth-order valence-corrected chi connectivity index (χ4v) is 4.17. The predicted octanol–water partition coefficient (Wildman–Crippen LogP) is 5.41. The second-order valence-corrected chi connectivity index (χ2v) is 13.3. The SMILES string of the molecule is CCc1ncnc(NC2CCC(c3ccccc3)CC2)c1C#C[Si](C)(C)C. The largest absolute Gasteiger partial charge is 0.366 e. The van der Waals surface area contributed by atoms with Crippen LogP contribution >= 0.6 is 0 Å². The van der Waals surface area contributed by atoms with Crippen LogP contribution in [0.25, 0.3) is 0 Å². The Morgan fingerprint density at radius 2 is 1.74 bits per heavy atom. The lowest BCUT2D eigenvalue weighted by molar-refractivity contribution is 0.411. The van der Waals surface area contributed by atoms with Crippen LogP contribution in [0.4, 0.5) is 5.82 Å². The molecule has 1 N–H and O–H groups in total. The smallest absolute Gasteiger partial charge is 0.145 e. The Balaban J connectivity index is 1.72. The molecule has 0 unspecified atom stereocenters. The second kappa shape index (κ2) is 8.71. The number of aryl methyl sites for hydroxylation is 1. The van der Waals surface area contributed by atoms with Crippen LogP contribution in [0.3, 0.4) is 0 Å². The minimum atomic E-state index is -1.44. The van der Waals surface area contributed by atoms with Gasteiger partial charge < -0.3 is 5.32 Å². The van der Waals surface area contributed by atoms with Gasteiger partial charge in [-0.15, -0.1) is 5.54 Å². The van der Waals surface area contributed by atoms with Crippen molar-refractivity contribution in [1.82, 2.24) is 9.97 Å². The van der Waals surface area contributed by atoms with Crippen molar-refractivity contribution in [3.8, 4) is 11.5 Å². The fourth-order valence-electron chi connectivity index (χ4n) is 3.67. The van der Waals surface area contributed by atoms with E-state index in [9.17, 15) is 0 Å². The van der Waals surface area contributed by atoms with Gasteiger partial charge in [-0.05, 0) is 43.6 Å². The molecule has 2 aromatic rings.